The molecule has 6 heteroatoms. The number of carbonyl (C=O) groups excluding carboxylic acids is 2. The number of nitrogens with zero attached hydrogens (tertiary/aromatic N) is 1. The fourth-order valence-electron chi connectivity index (χ4n) is 3.51. The van der Waals surface area contributed by atoms with Crippen LogP contribution in [0.5, 0.6) is 0 Å². The van der Waals surface area contributed by atoms with Crippen LogP contribution < -0.4 is 5.32 Å². The summed E-state index contributed by atoms with van der Waals surface area (Å²) in [6.07, 6.45) is 1.36. The molecule has 1 fully saturated rings. The van der Waals surface area contributed by atoms with E-state index in [4.69, 9.17) is 4.74 Å². The molecule has 0 aliphatic carbocycles. The molecule has 1 aliphatic rings. The maximum Gasteiger partial charge on any atom is 0.407 e. The zero-order valence-electron chi connectivity index (χ0n) is 16.6. The second kappa shape index (κ2) is 8.52. The van der Waals surface area contributed by atoms with E-state index >= 15 is 0 Å². The molecule has 0 saturated carbocycles. The standard InChI is InChI=1S/C22H27BrN2O3/c1-22(2,3)28-21(27)24-14-15-10-12-25(13-11-15)20(26)18-8-4-7-17-16(18)6-5-9-19(17)23/h4-9,15H,10-14H2,1-3H3,(H,24,27). The molecule has 0 bridgehead atoms. The van der Waals surface area contributed by atoms with Crippen LogP contribution in [0.15, 0.2) is 40.9 Å². The lowest BCUT2D eigenvalue weighted by Gasteiger charge is -2.32. The number of hydrogen-bond donors (Lipinski definition) is 1. The van der Waals surface area contributed by atoms with Gasteiger partial charge in [-0.1, -0.05) is 40.2 Å². The number of rotatable bonds is 3. The number of nitrogens with one attached hydrogen (secondary N) is 1. The quantitative estimate of drug-likeness (QED) is 0.722. The monoisotopic (exact) mass is 446 g/mol. The number of alkyl carbamates (subject to hydrolysis) is 1. The van der Waals surface area contributed by atoms with Crippen molar-refractivity contribution in [3.05, 3.63) is 46.4 Å². The summed E-state index contributed by atoms with van der Waals surface area (Å²) >= 11 is 3.56. The van der Waals surface area contributed by atoms with Crippen molar-refractivity contribution in [3.63, 3.8) is 0 Å². The number of fused-ring (bicyclic) bond motifs is 1. The second-order valence-corrected chi connectivity index (χ2v) is 9.11. The zero-order valence-corrected chi connectivity index (χ0v) is 18.2. The van der Waals surface area contributed by atoms with Crippen molar-refractivity contribution in [2.45, 2.75) is 39.2 Å². The Labute approximate surface area is 174 Å². The molecule has 0 spiro atoms. The summed E-state index contributed by atoms with van der Waals surface area (Å²) in [6.45, 7) is 7.53. The van der Waals surface area contributed by atoms with Gasteiger partial charge < -0.3 is 15.0 Å². The lowest BCUT2D eigenvalue weighted by molar-refractivity contribution is 0.0500. The minimum Gasteiger partial charge on any atom is -0.444 e. The second-order valence-electron chi connectivity index (χ2n) is 8.26. The summed E-state index contributed by atoms with van der Waals surface area (Å²) < 4.78 is 6.27. The van der Waals surface area contributed by atoms with E-state index in [-0.39, 0.29) is 12.0 Å². The third kappa shape index (κ3) is 5.04. The molecule has 5 nitrogen and oxygen atoms in total. The predicted molar refractivity (Wildman–Crippen MR) is 115 cm³/mol. The van der Waals surface area contributed by atoms with E-state index in [2.05, 4.69) is 21.2 Å². The van der Waals surface area contributed by atoms with Gasteiger partial charge in [-0.05, 0) is 62.4 Å². The van der Waals surface area contributed by atoms with E-state index in [0.717, 1.165) is 33.7 Å². The molecule has 0 unspecified atom stereocenters. The predicted octanol–water partition coefficient (Wildman–Crippen LogP) is 4.98. The lowest BCUT2D eigenvalue weighted by atomic mass is 9.95. The van der Waals surface area contributed by atoms with Gasteiger partial charge in [0, 0.05) is 29.7 Å². The Hall–Kier alpha value is -2.08. The van der Waals surface area contributed by atoms with Crippen molar-refractivity contribution in [3.8, 4) is 0 Å². The number of piperidine rings is 1. The average molecular weight is 447 g/mol. The van der Waals surface area contributed by atoms with Gasteiger partial charge in [-0.15, -0.1) is 0 Å². The lowest BCUT2D eigenvalue weighted by Crippen LogP contribution is -2.42. The molecule has 0 atom stereocenters. The molecule has 28 heavy (non-hydrogen) atoms. The number of likely N-dealkylation sites (tertiary alicyclic amines) is 1. The van der Waals surface area contributed by atoms with Crippen LogP contribution in [0.3, 0.4) is 0 Å². The fraction of sp³-hybridized carbons (Fsp3) is 0.455. The first-order valence-corrected chi connectivity index (χ1v) is 10.5. The van der Waals surface area contributed by atoms with Crippen molar-refractivity contribution >= 4 is 38.7 Å². The van der Waals surface area contributed by atoms with E-state index in [1.54, 1.807) is 0 Å². The highest BCUT2D eigenvalue weighted by atomic mass is 79.9. The van der Waals surface area contributed by atoms with E-state index in [9.17, 15) is 9.59 Å². The number of ether oxygens (including phenoxy) is 1. The van der Waals surface area contributed by atoms with Gasteiger partial charge in [0.2, 0.25) is 0 Å². The Bertz CT molecular complexity index is 868. The van der Waals surface area contributed by atoms with Crippen molar-refractivity contribution in [2.75, 3.05) is 19.6 Å². The van der Waals surface area contributed by atoms with Gasteiger partial charge in [-0.3, -0.25) is 4.79 Å². The van der Waals surface area contributed by atoms with E-state index < -0.39 is 5.60 Å². The van der Waals surface area contributed by atoms with Gasteiger partial charge >= 0.3 is 6.09 Å². The SMILES string of the molecule is CC(C)(C)OC(=O)NCC1CCN(C(=O)c2cccc3c(Br)cccc23)CC1. The van der Waals surface area contributed by atoms with Crippen LogP contribution in [0, 0.1) is 5.92 Å². The van der Waals surface area contributed by atoms with Gasteiger partial charge in [0.1, 0.15) is 5.60 Å². The van der Waals surface area contributed by atoms with Crippen LogP contribution in [-0.4, -0.2) is 42.1 Å². The Balaban J connectivity index is 1.58. The van der Waals surface area contributed by atoms with Crippen LogP contribution >= 0.6 is 15.9 Å². The molecule has 1 saturated heterocycles. The third-order valence-electron chi connectivity index (χ3n) is 4.93. The fourth-order valence-corrected chi connectivity index (χ4v) is 4.01. The summed E-state index contributed by atoms with van der Waals surface area (Å²) in [6, 6.07) is 11.8. The maximum absolute atomic E-state index is 13.1. The highest BCUT2D eigenvalue weighted by Crippen LogP contribution is 2.28. The molecule has 0 radical (unpaired) electrons. The first-order valence-electron chi connectivity index (χ1n) is 9.68. The molecule has 2 amide bonds. The average Bonchev–Trinajstić information content (AvgIpc) is 2.65. The van der Waals surface area contributed by atoms with Crippen LogP contribution in [0.25, 0.3) is 10.8 Å². The van der Waals surface area contributed by atoms with Crippen molar-refractivity contribution in [1.29, 1.82) is 0 Å². The highest BCUT2D eigenvalue weighted by molar-refractivity contribution is 9.10. The third-order valence-corrected chi connectivity index (χ3v) is 5.63. The Morgan fingerprint density at radius 2 is 1.75 bits per heavy atom. The molecule has 150 valence electrons. The smallest absolute Gasteiger partial charge is 0.407 e. The van der Waals surface area contributed by atoms with E-state index in [0.29, 0.717) is 25.6 Å². The molecule has 1 aliphatic heterocycles. The van der Waals surface area contributed by atoms with Crippen LogP contribution in [-0.2, 0) is 4.74 Å². The minimum absolute atomic E-state index is 0.0715. The topological polar surface area (TPSA) is 58.6 Å². The number of halogens is 1. The molecule has 2 aromatic carbocycles. The van der Waals surface area contributed by atoms with Gasteiger partial charge in [-0.2, -0.15) is 0 Å². The highest BCUT2D eigenvalue weighted by Gasteiger charge is 2.25. The number of hydrogen-bond acceptors (Lipinski definition) is 3. The van der Waals surface area contributed by atoms with Crippen molar-refractivity contribution in [1.82, 2.24) is 10.2 Å². The van der Waals surface area contributed by atoms with Crippen LogP contribution in [0.1, 0.15) is 44.0 Å². The van der Waals surface area contributed by atoms with Gasteiger partial charge in [-0.25, -0.2) is 4.79 Å². The molecule has 3 rings (SSSR count). The van der Waals surface area contributed by atoms with E-state index in [1.807, 2.05) is 62.1 Å². The summed E-state index contributed by atoms with van der Waals surface area (Å²) in [7, 11) is 0. The minimum atomic E-state index is -0.493. The molecule has 2 aromatic rings. The van der Waals surface area contributed by atoms with Gasteiger partial charge in [0.05, 0.1) is 0 Å². The van der Waals surface area contributed by atoms with Gasteiger partial charge in [0.25, 0.3) is 5.91 Å². The number of carbonyl (C=O) groups is 2. The molecule has 1 heterocycles. The first-order chi connectivity index (χ1) is 13.2. The van der Waals surface area contributed by atoms with Crippen LogP contribution in [0.2, 0.25) is 0 Å². The van der Waals surface area contributed by atoms with Crippen molar-refractivity contribution < 1.29 is 14.3 Å². The maximum atomic E-state index is 13.1. The first kappa shape index (κ1) is 20.6. The number of benzene rings is 2. The van der Waals surface area contributed by atoms with Crippen molar-refractivity contribution in [2.24, 2.45) is 5.92 Å². The zero-order chi connectivity index (χ0) is 20.3. The van der Waals surface area contributed by atoms with Crippen LogP contribution in [0.4, 0.5) is 4.79 Å². The van der Waals surface area contributed by atoms with E-state index in [1.165, 1.54) is 0 Å². The summed E-state index contributed by atoms with van der Waals surface area (Å²) in [5.74, 6) is 0.431. The Morgan fingerprint density at radius 1 is 1.11 bits per heavy atom. The molecular weight excluding hydrogens is 420 g/mol. The molecular formula is C22H27BrN2O3. The molecule has 1 N–H and O–H groups in total. The summed E-state index contributed by atoms with van der Waals surface area (Å²) in [4.78, 5) is 26.8. The summed E-state index contributed by atoms with van der Waals surface area (Å²) in [5.41, 5.74) is 0.247. The largest absolute Gasteiger partial charge is 0.444 e. The Morgan fingerprint density at radius 3 is 2.43 bits per heavy atom. The van der Waals surface area contributed by atoms with Gasteiger partial charge in [0.15, 0.2) is 0 Å². The molecule has 0 aromatic heterocycles. The normalized spacial score (nSPS) is 15.5. The number of amides is 2. The Kier molecular flexibility index (Phi) is 6.28. The summed E-state index contributed by atoms with van der Waals surface area (Å²) in [5, 5.41) is 4.86.